The predicted octanol–water partition coefficient (Wildman–Crippen LogP) is 3.02. The maximum atomic E-state index is 12.5. The molecule has 4 rings (SSSR count). The summed E-state index contributed by atoms with van der Waals surface area (Å²) in [5, 5.41) is 11.4. The van der Waals surface area contributed by atoms with Gasteiger partial charge in [0.2, 0.25) is 0 Å². The number of hydrogen-bond donors (Lipinski definition) is 1. The molecule has 0 aliphatic heterocycles. The van der Waals surface area contributed by atoms with Gasteiger partial charge in [-0.1, -0.05) is 6.07 Å². The summed E-state index contributed by atoms with van der Waals surface area (Å²) >= 11 is 0. The quantitative estimate of drug-likeness (QED) is 0.483. The van der Waals surface area contributed by atoms with Gasteiger partial charge in [0, 0.05) is 24.7 Å². The number of rotatable bonds is 8. The van der Waals surface area contributed by atoms with E-state index in [-0.39, 0.29) is 11.6 Å². The van der Waals surface area contributed by atoms with Crippen molar-refractivity contribution in [1.29, 1.82) is 0 Å². The van der Waals surface area contributed by atoms with Crippen molar-refractivity contribution in [3.8, 4) is 11.5 Å². The van der Waals surface area contributed by atoms with Gasteiger partial charge >= 0.3 is 0 Å². The van der Waals surface area contributed by atoms with Crippen LogP contribution < -0.4 is 14.8 Å². The van der Waals surface area contributed by atoms with Crippen molar-refractivity contribution in [2.24, 2.45) is 0 Å². The standard InChI is InChI=1S/C21H22N6O3/c1-3-29-18-7-6-15(10-19(18)30-4-2)13-26-14-16(12-23-26)24-21(28)17-11-20-22-8-5-9-27(20)25-17/h5-12,14H,3-4,13H2,1-2H3,(H,24,28). The molecule has 4 aromatic rings. The number of ether oxygens (including phenoxy) is 2. The molecule has 1 amide bonds. The molecular weight excluding hydrogens is 384 g/mol. The number of benzene rings is 1. The Morgan fingerprint density at radius 3 is 2.77 bits per heavy atom. The van der Waals surface area contributed by atoms with Crippen LogP contribution in [0.25, 0.3) is 5.65 Å². The van der Waals surface area contributed by atoms with Crippen LogP contribution in [0.3, 0.4) is 0 Å². The molecule has 1 N–H and O–H groups in total. The van der Waals surface area contributed by atoms with Crippen LogP contribution in [0.2, 0.25) is 0 Å². The topological polar surface area (TPSA) is 95.6 Å². The second kappa shape index (κ2) is 8.64. The molecule has 9 nitrogen and oxygen atoms in total. The fourth-order valence-electron chi connectivity index (χ4n) is 3.03. The van der Waals surface area contributed by atoms with Crippen LogP contribution >= 0.6 is 0 Å². The molecule has 0 saturated carbocycles. The first kappa shape index (κ1) is 19.4. The summed E-state index contributed by atoms with van der Waals surface area (Å²) in [6.45, 7) is 5.53. The average Bonchev–Trinajstić information content (AvgIpc) is 3.37. The molecule has 0 atom stereocenters. The Hall–Kier alpha value is -3.88. The molecule has 0 bridgehead atoms. The van der Waals surface area contributed by atoms with Gasteiger partial charge in [-0.2, -0.15) is 10.2 Å². The molecule has 0 aliphatic rings. The second-order valence-corrected chi connectivity index (χ2v) is 6.48. The Morgan fingerprint density at radius 2 is 1.97 bits per heavy atom. The van der Waals surface area contributed by atoms with Crippen LogP contribution in [-0.2, 0) is 6.54 Å². The van der Waals surface area contributed by atoms with E-state index in [2.05, 4.69) is 20.5 Å². The van der Waals surface area contributed by atoms with E-state index in [1.165, 1.54) is 0 Å². The molecule has 1 aromatic carbocycles. The van der Waals surface area contributed by atoms with Crippen LogP contribution in [-0.4, -0.2) is 43.5 Å². The molecule has 0 fully saturated rings. The third kappa shape index (κ3) is 4.24. The highest BCUT2D eigenvalue weighted by Gasteiger charge is 2.13. The molecule has 0 unspecified atom stereocenters. The van der Waals surface area contributed by atoms with Crippen molar-refractivity contribution >= 4 is 17.2 Å². The van der Waals surface area contributed by atoms with Crippen LogP contribution in [0.4, 0.5) is 5.69 Å². The highest BCUT2D eigenvalue weighted by molar-refractivity contribution is 6.03. The van der Waals surface area contributed by atoms with Gasteiger partial charge in [0.15, 0.2) is 22.8 Å². The minimum absolute atomic E-state index is 0.286. The lowest BCUT2D eigenvalue weighted by atomic mass is 10.2. The van der Waals surface area contributed by atoms with Crippen LogP contribution in [0.5, 0.6) is 11.5 Å². The summed E-state index contributed by atoms with van der Waals surface area (Å²) in [5.74, 6) is 1.11. The molecule has 0 aliphatic carbocycles. The molecule has 3 aromatic heterocycles. The zero-order valence-corrected chi connectivity index (χ0v) is 16.8. The van der Waals surface area contributed by atoms with Crippen molar-refractivity contribution in [3.63, 3.8) is 0 Å². The van der Waals surface area contributed by atoms with Gasteiger partial charge in [0.25, 0.3) is 5.91 Å². The van der Waals surface area contributed by atoms with Gasteiger partial charge in [-0.25, -0.2) is 9.50 Å². The van der Waals surface area contributed by atoms with Crippen molar-refractivity contribution in [1.82, 2.24) is 24.4 Å². The smallest absolute Gasteiger partial charge is 0.276 e. The Labute approximate surface area is 173 Å². The number of nitrogens with one attached hydrogen (secondary N) is 1. The van der Waals surface area contributed by atoms with Gasteiger partial charge < -0.3 is 14.8 Å². The zero-order valence-electron chi connectivity index (χ0n) is 16.8. The van der Waals surface area contributed by atoms with E-state index in [9.17, 15) is 4.79 Å². The van der Waals surface area contributed by atoms with Crippen molar-refractivity contribution in [3.05, 3.63) is 66.4 Å². The first-order valence-corrected chi connectivity index (χ1v) is 9.69. The summed E-state index contributed by atoms with van der Waals surface area (Å²) in [7, 11) is 0. The van der Waals surface area contributed by atoms with Gasteiger partial charge in [-0.15, -0.1) is 0 Å². The van der Waals surface area contributed by atoms with Gasteiger partial charge in [-0.3, -0.25) is 9.48 Å². The first-order chi connectivity index (χ1) is 14.7. The van der Waals surface area contributed by atoms with Gasteiger partial charge in [0.05, 0.1) is 31.6 Å². The number of aromatic nitrogens is 5. The highest BCUT2D eigenvalue weighted by atomic mass is 16.5. The molecule has 3 heterocycles. The number of anilines is 1. The minimum atomic E-state index is -0.320. The molecule has 0 saturated heterocycles. The fraction of sp³-hybridized carbons (Fsp3) is 0.238. The predicted molar refractivity (Wildman–Crippen MR) is 111 cm³/mol. The monoisotopic (exact) mass is 406 g/mol. The number of amides is 1. The Morgan fingerprint density at radius 1 is 1.13 bits per heavy atom. The SMILES string of the molecule is CCOc1ccc(Cn2cc(NC(=O)c3cc4ncccn4n3)cn2)cc1OCC. The largest absolute Gasteiger partial charge is 0.490 e. The maximum Gasteiger partial charge on any atom is 0.276 e. The van der Waals surface area contributed by atoms with Gasteiger partial charge in [0.1, 0.15) is 0 Å². The molecule has 9 heteroatoms. The van der Waals surface area contributed by atoms with Crippen LogP contribution in [0.15, 0.2) is 55.1 Å². The van der Waals surface area contributed by atoms with E-state index in [0.29, 0.717) is 36.8 Å². The normalized spacial score (nSPS) is 10.9. The van der Waals surface area contributed by atoms with Crippen LogP contribution in [0, 0.1) is 0 Å². The first-order valence-electron chi connectivity index (χ1n) is 9.69. The van der Waals surface area contributed by atoms with Crippen molar-refractivity contribution in [2.45, 2.75) is 20.4 Å². The lowest BCUT2D eigenvalue weighted by Gasteiger charge is -2.12. The third-order valence-electron chi connectivity index (χ3n) is 4.31. The van der Waals surface area contributed by atoms with Gasteiger partial charge in [-0.05, 0) is 37.6 Å². The lowest BCUT2D eigenvalue weighted by molar-refractivity contribution is 0.102. The molecule has 0 spiro atoms. The fourth-order valence-corrected chi connectivity index (χ4v) is 3.03. The number of fused-ring (bicyclic) bond motifs is 1. The summed E-state index contributed by atoms with van der Waals surface area (Å²) in [6, 6.07) is 9.20. The number of carbonyl (C=O) groups excluding carboxylic acids is 1. The van der Waals surface area contributed by atoms with E-state index < -0.39 is 0 Å². The molecule has 30 heavy (non-hydrogen) atoms. The number of nitrogens with zero attached hydrogens (tertiary/aromatic N) is 5. The average molecular weight is 406 g/mol. The zero-order chi connectivity index (χ0) is 20.9. The summed E-state index contributed by atoms with van der Waals surface area (Å²) in [5.41, 5.74) is 2.49. The van der Waals surface area contributed by atoms with E-state index in [1.54, 1.807) is 46.1 Å². The molecule has 0 radical (unpaired) electrons. The lowest BCUT2D eigenvalue weighted by Crippen LogP contribution is -2.12. The number of carbonyl (C=O) groups is 1. The van der Waals surface area contributed by atoms with Crippen LogP contribution in [0.1, 0.15) is 29.9 Å². The molecule has 154 valence electrons. The van der Waals surface area contributed by atoms with E-state index in [1.807, 2.05) is 32.0 Å². The Balaban J connectivity index is 1.45. The summed E-state index contributed by atoms with van der Waals surface area (Å²) in [4.78, 5) is 16.6. The third-order valence-corrected chi connectivity index (χ3v) is 4.31. The number of hydrogen-bond acceptors (Lipinski definition) is 6. The van der Waals surface area contributed by atoms with Crippen molar-refractivity contribution in [2.75, 3.05) is 18.5 Å². The van der Waals surface area contributed by atoms with E-state index >= 15 is 0 Å². The van der Waals surface area contributed by atoms with Crippen molar-refractivity contribution < 1.29 is 14.3 Å². The Bertz CT molecular complexity index is 1130. The summed E-state index contributed by atoms with van der Waals surface area (Å²) in [6.07, 6.45) is 6.76. The van der Waals surface area contributed by atoms with E-state index in [0.717, 1.165) is 11.3 Å². The maximum absolute atomic E-state index is 12.5. The summed E-state index contributed by atoms with van der Waals surface area (Å²) < 4.78 is 14.6. The molecular formula is C21H22N6O3. The second-order valence-electron chi connectivity index (χ2n) is 6.48. The Kier molecular flexibility index (Phi) is 5.60. The minimum Gasteiger partial charge on any atom is -0.490 e. The highest BCUT2D eigenvalue weighted by Crippen LogP contribution is 2.29. The van der Waals surface area contributed by atoms with E-state index in [4.69, 9.17) is 9.47 Å².